The zero-order valence-electron chi connectivity index (χ0n) is 19.8. The van der Waals surface area contributed by atoms with Crippen LogP contribution in [0.1, 0.15) is 39.5 Å². The monoisotopic (exact) mass is 588 g/mol. The predicted molar refractivity (Wildman–Crippen MR) is 134 cm³/mol. The lowest BCUT2D eigenvalue weighted by atomic mass is 10.0. The van der Waals surface area contributed by atoms with Crippen LogP contribution in [0.25, 0.3) is 0 Å². The fourth-order valence-corrected chi connectivity index (χ4v) is 3.83. The standard InChI is InChI=1S/C16H12F6O.C11H8Cl2N2O/c17-15(18,19)13-5-1-3-11(7-13)9-23-10-12-4-2-6-14(8-12)16(20,21)22;12-8-1-2-9(10(13)3-8)11(16)7-4-14-6-15-5-7/h1-8H,9-10H2;1-6,11,16H. The van der Waals surface area contributed by atoms with Crippen molar-refractivity contribution in [2.75, 3.05) is 0 Å². The number of nitrogens with zero attached hydrogens (tertiary/aromatic N) is 2. The van der Waals surface area contributed by atoms with Gasteiger partial charge in [0.05, 0.1) is 24.3 Å². The first-order valence-corrected chi connectivity index (χ1v) is 11.9. The molecule has 0 aliphatic heterocycles. The van der Waals surface area contributed by atoms with Gasteiger partial charge in [-0.15, -0.1) is 0 Å². The van der Waals surface area contributed by atoms with Gasteiger partial charge in [0.1, 0.15) is 12.4 Å². The summed E-state index contributed by atoms with van der Waals surface area (Å²) < 4.78 is 80.6. The fourth-order valence-electron chi connectivity index (χ4n) is 3.32. The van der Waals surface area contributed by atoms with E-state index in [1.165, 1.54) is 30.6 Å². The number of rotatable bonds is 6. The Bertz CT molecular complexity index is 1310. The number of aliphatic hydroxyl groups is 1. The van der Waals surface area contributed by atoms with Crippen molar-refractivity contribution in [3.63, 3.8) is 0 Å². The molecule has 0 radical (unpaired) electrons. The second-order valence-corrected chi connectivity index (χ2v) is 8.97. The van der Waals surface area contributed by atoms with Crippen LogP contribution >= 0.6 is 23.2 Å². The molecule has 1 N–H and O–H groups in total. The van der Waals surface area contributed by atoms with Crippen molar-refractivity contribution in [3.8, 4) is 0 Å². The summed E-state index contributed by atoms with van der Waals surface area (Å²) in [6, 6.07) is 14.2. The van der Waals surface area contributed by atoms with Gasteiger partial charge < -0.3 is 9.84 Å². The molecule has 4 aromatic rings. The Hall–Kier alpha value is -3.18. The quantitative estimate of drug-likeness (QED) is 0.230. The number of hydrogen-bond acceptors (Lipinski definition) is 4. The third-order valence-corrected chi connectivity index (χ3v) is 5.76. The minimum atomic E-state index is -4.45. The summed E-state index contributed by atoms with van der Waals surface area (Å²) in [6.45, 7) is -0.250. The molecule has 0 saturated carbocycles. The molecule has 1 unspecified atom stereocenters. The van der Waals surface area contributed by atoms with Gasteiger partial charge in [-0.05, 0) is 47.5 Å². The van der Waals surface area contributed by atoms with Gasteiger partial charge in [0, 0.05) is 33.6 Å². The van der Waals surface area contributed by atoms with E-state index in [2.05, 4.69) is 9.97 Å². The number of alkyl halides is 6. The molecule has 39 heavy (non-hydrogen) atoms. The molecule has 0 bridgehead atoms. The fraction of sp³-hybridized carbons (Fsp3) is 0.185. The van der Waals surface area contributed by atoms with E-state index < -0.39 is 29.6 Å². The molecule has 0 aliphatic rings. The average molecular weight is 589 g/mol. The molecule has 4 nitrogen and oxygen atoms in total. The molecular weight excluding hydrogens is 569 g/mol. The molecular formula is C27H20Cl2F6N2O2. The lowest BCUT2D eigenvalue weighted by Gasteiger charge is -2.12. The minimum absolute atomic E-state index is 0.125. The van der Waals surface area contributed by atoms with Crippen LogP contribution in [0.4, 0.5) is 26.3 Å². The summed E-state index contributed by atoms with van der Waals surface area (Å²) in [7, 11) is 0. The van der Waals surface area contributed by atoms with Crippen LogP contribution in [0, 0.1) is 0 Å². The van der Waals surface area contributed by atoms with Crippen molar-refractivity contribution in [1.82, 2.24) is 9.97 Å². The maximum atomic E-state index is 12.6. The second kappa shape index (κ2) is 13.3. The molecule has 3 aromatic carbocycles. The van der Waals surface area contributed by atoms with E-state index in [0.717, 1.165) is 24.3 Å². The number of ether oxygens (including phenoxy) is 1. The largest absolute Gasteiger partial charge is 0.416 e. The molecule has 12 heteroatoms. The topological polar surface area (TPSA) is 55.2 Å². The lowest BCUT2D eigenvalue weighted by molar-refractivity contribution is -0.138. The molecule has 0 aliphatic carbocycles. The van der Waals surface area contributed by atoms with Crippen LogP contribution in [0.2, 0.25) is 10.0 Å². The van der Waals surface area contributed by atoms with Crippen LogP contribution in [0.3, 0.4) is 0 Å². The van der Waals surface area contributed by atoms with E-state index in [1.807, 2.05) is 0 Å². The van der Waals surface area contributed by atoms with E-state index in [-0.39, 0.29) is 13.2 Å². The molecule has 1 heterocycles. The molecule has 0 saturated heterocycles. The Balaban J connectivity index is 0.000000230. The normalized spacial score (nSPS) is 12.4. The van der Waals surface area contributed by atoms with Crippen molar-refractivity contribution in [3.05, 3.63) is 129 Å². The maximum absolute atomic E-state index is 12.6. The van der Waals surface area contributed by atoms with Crippen molar-refractivity contribution in [2.45, 2.75) is 31.7 Å². The van der Waals surface area contributed by atoms with Crippen LogP contribution in [-0.2, 0) is 30.3 Å². The van der Waals surface area contributed by atoms with Crippen LogP contribution in [-0.4, -0.2) is 15.1 Å². The highest BCUT2D eigenvalue weighted by Gasteiger charge is 2.31. The Kier molecular flexibility index (Phi) is 10.3. The Labute approximate surface area is 229 Å². The van der Waals surface area contributed by atoms with Crippen molar-refractivity contribution in [2.24, 2.45) is 0 Å². The lowest BCUT2D eigenvalue weighted by Crippen LogP contribution is -2.06. The highest BCUT2D eigenvalue weighted by molar-refractivity contribution is 6.35. The van der Waals surface area contributed by atoms with E-state index in [1.54, 1.807) is 30.6 Å². The summed E-state index contributed by atoms with van der Waals surface area (Å²) in [4.78, 5) is 7.68. The minimum Gasteiger partial charge on any atom is -0.383 e. The smallest absolute Gasteiger partial charge is 0.383 e. The third-order valence-electron chi connectivity index (χ3n) is 5.20. The van der Waals surface area contributed by atoms with Crippen LogP contribution in [0.5, 0.6) is 0 Å². The van der Waals surface area contributed by atoms with E-state index >= 15 is 0 Å². The molecule has 0 fully saturated rings. The Morgan fingerprint density at radius 2 is 1.26 bits per heavy atom. The number of aromatic nitrogens is 2. The first-order chi connectivity index (χ1) is 18.3. The second-order valence-electron chi connectivity index (χ2n) is 8.13. The molecule has 4 rings (SSSR count). The molecule has 206 valence electrons. The van der Waals surface area contributed by atoms with Gasteiger partial charge in [0.25, 0.3) is 0 Å². The maximum Gasteiger partial charge on any atom is 0.416 e. The summed E-state index contributed by atoms with van der Waals surface area (Å²) in [6.07, 6.45) is -5.25. The average Bonchev–Trinajstić information content (AvgIpc) is 2.89. The van der Waals surface area contributed by atoms with Gasteiger partial charge in [0.15, 0.2) is 0 Å². The number of hydrogen-bond donors (Lipinski definition) is 1. The highest BCUT2D eigenvalue weighted by atomic mass is 35.5. The molecule has 1 atom stereocenters. The number of aliphatic hydroxyl groups excluding tert-OH is 1. The summed E-state index contributed by atoms with van der Waals surface area (Å²) in [5.74, 6) is 0. The van der Waals surface area contributed by atoms with E-state index in [4.69, 9.17) is 27.9 Å². The highest BCUT2D eigenvalue weighted by Crippen LogP contribution is 2.31. The zero-order chi connectivity index (χ0) is 28.6. The Morgan fingerprint density at radius 3 is 1.72 bits per heavy atom. The SMILES string of the molecule is FC(F)(F)c1cccc(COCc2cccc(C(F)(F)F)c2)c1.OC(c1cncnc1)c1ccc(Cl)cc1Cl. The van der Waals surface area contributed by atoms with Gasteiger partial charge in [-0.3, -0.25) is 0 Å². The van der Waals surface area contributed by atoms with Gasteiger partial charge in [0.2, 0.25) is 0 Å². The Morgan fingerprint density at radius 1 is 0.744 bits per heavy atom. The van der Waals surface area contributed by atoms with Crippen LogP contribution < -0.4 is 0 Å². The third kappa shape index (κ3) is 9.21. The zero-order valence-corrected chi connectivity index (χ0v) is 21.4. The number of halogens is 8. The first kappa shape index (κ1) is 30.4. The van der Waals surface area contributed by atoms with Crippen LogP contribution in [0.15, 0.2) is 85.5 Å². The molecule has 0 amide bonds. The number of benzene rings is 3. The van der Waals surface area contributed by atoms with Crippen molar-refractivity contribution < 1.29 is 36.2 Å². The van der Waals surface area contributed by atoms with E-state index in [0.29, 0.717) is 32.3 Å². The van der Waals surface area contributed by atoms with Gasteiger partial charge in [-0.2, -0.15) is 26.3 Å². The van der Waals surface area contributed by atoms with Crippen molar-refractivity contribution in [1.29, 1.82) is 0 Å². The van der Waals surface area contributed by atoms with Crippen molar-refractivity contribution >= 4 is 23.2 Å². The first-order valence-electron chi connectivity index (χ1n) is 11.1. The van der Waals surface area contributed by atoms with Gasteiger partial charge >= 0.3 is 12.4 Å². The summed E-state index contributed by atoms with van der Waals surface area (Å²) in [5.41, 5.74) is 0.182. The predicted octanol–water partition coefficient (Wildman–Crippen LogP) is 8.31. The van der Waals surface area contributed by atoms with E-state index in [9.17, 15) is 31.4 Å². The van der Waals surface area contributed by atoms with Gasteiger partial charge in [-0.25, -0.2) is 9.97 Å². The molecule has 0 spiro atoms. The summed E-state index contributed by atoms with van der Waals surface area (Å²) >= 11 is 11.8. The molecule has 1 aromatic heterocycles. The van der Waals surface area contributed by atoms with Gasteiger partial charge in [-0.1, -0.05) is 53.5 Å². The summed E-state index contributed by atoms with van der Waals surface area (Å²) in [5, 5.41) is 11.0.